The van der Waals surface area contributed by atoms with Crippen LogP contribution in [0.1, 0.15) is 23.2 Å². The molecule has 0 heterocycles. The molecule has 2 rings (SSSR count). The van der Waals surface area contributed by atoms with Gasteiger partial charge in [0.05, 0.1) is 4.92 Å². The number of alkyl halides is 3. The third-order valence-electron chi connectivity index (χ3n) is 3.18. The van der Waals surface area contributed by atoms with Crippen LogP contribution in [-0.2, 0) is 0 Å². The molecule has 0 saturated heterocycles. The number of rotatable bonds is 4. The molecule has 0 spiro atoms. The van der Waals surface area contributed by atoms with Crippen LogP contribution in [0.3, 0.4) is 0 Å². The van der Waals surface area contributed by atoms with Crippen molar-refractivity contribution in [3.8, 4) is 0 Å². The van der Waals surface area contributed by atoms with Crippen molar-refractivity contribution in [2.45, 2.75) is 24.6 Å². The van der Waals surface area contributed by atoms with Crippen LogP contribution in [0.5, 0.6) is 0 Å². The van der Waals surface area contributed by atoms with Crippen LogP contribution in [-0.4, -0.2) is 27.7 Å². The van der Waals surface area contributed by atoms with E-state index in [1.807, 2.05) is 5.32 Å². The predicted molar refractivity (Wildman–Crippen MR) is 61.7 cm³/mol. The lowest BCUT2D eigenvalue weighted by Gasteiger charge is -2.21. The zero-order valence-electron chi connectivity index (χ0n) is 10.2. The van der Waals surface area contributed by atoms with Gasteiger partial charge in [-0.15, -0.1) is 0 Å². The van der Waals surface area contributed by atoms with Gasteiger partial charge in [-0.2, -0.15) is 13.2 Å². The lowest BCUT2D eigenvalue weighted by molar-refractivity contribution is -0.384. The number of anilines is 1. The Morgan fingerprint density at radius 1 is 1.38 bits per heavy atom. The predicted octanol–water partition coefficient (Wildman–Crippen LogP) is 2.94. The monoisotopic (exact) mass is 308 g/mol. The van der Waals surface area contributed by atoms with E-state index >= 15 is 0 Å². The van der Waals surface area contributed by atoms with E-state index in [0.717, 1.165) is 0 Å². The fraction of sp³-hybridized carbons (Fsp3) is 0.364. The molecule has 0 unspecified atom stereocenters. The maximum absolute atomic E-state index is 13.5. The van der Waals surface area contributed by atoms with Gasteiger partial charge in [0.2, 0.25) is 0 Å². The van der Waals surface area contributed by atoms with Crippen LogP contribution in [0, 0.1) is 15.9 Å². The highest BCUT2D eigenvalue weighted by Crippen LogP contribution is 2.52. The summed E-state index contributed by atoms with van der Waals surface area (Å²) in [5.41, 5.74) is -4.93. The van der Waals surface area contributed by atoms with Gasteiger partial charge in [-0.1, -0.05) is 0 Å². The fourth-order valence-corrected chi connectivity index (χ4v) is 1.84. The molecule has 6 nitrogen and oxygen atoms in total. The zero-order chi connectivity index (χ0) is 16.0. The second-order valence-electron chi connectivity index (χ2n) is 4.62. The second kappa shape index (κ2) is 4.57. The largest absolute Gasteiger partial charge is 0.478 e. The first-order chi connectivity index (χ1) is 9.57. The van der Waals surface area contributed by atoms with Crippen molar-refractivity contribution in [1.29, 1.82) is 0 Å². The molecule has 10 heteroatoms. The number of halogens is 4. The molecule has 1 aromatic carbocycles. The maximum Gasteiger partial charge on any atom is 0.411 e. The van der Waals surface area contributed by atoms with Crippen molar-refractivity contribution in [3.63, 3.8) is 0 Å². The van der Waals surface area contributed by atoms with E-state index in [1.165, 1.54) is 0 Å². The van der Waals surface area contributed by atoms with Gasteiger partial charge in [0.1, 0.15) is 22.6 Å². The summed E-state index contributed by atoms with van der Waals surface area (Å²) in [6, 6.07) is 0.792. The number of aromatic carboxylic acids is 1. The van der Waals surface area contributed by atoms with E-state index in [9.17, 15) is 32.5 Å². The first-order valence-corrected chi connectivity index (χ1v) is 5.63. The van der Waals surface area contributed by atoms with E-state index in [-0.39, 0.29) is 12.8 Å². The molecule has 21 heavy (non-hydrogen) atoms. The molecule has 114 valence electrons. The van der Waals surface area contributed by atoms with Gasteiger partial charge in [0.25, 0.3) is 5.69 Å². The summed E-state index contributed by atoms with van der Waals surface area (Å²) in [6.07, 6.45) is -5.24. The van der Waals surface area contributed by atoms with Gasteiger partial charge < -0.3 is 10.4 Å². The average molecular weight is 308 g/mol. The molecular formula is C11H8F4N2O4. The number of nitrogens with one attached hydrogen (secondary N) is 1. The maximum atomic E-state index is 13.5. The SMILES string of the molecule is O=C(O)c1cc([N+](=O)[O-])c(NC2(C(F)(F)F)CC2)cc1F. The Balaban J connectivity index is 2.47. The van der Waals surface area contributed by atoms with Gasteiger partial charge in [-0.05, 0) is 12.8 Å². The number of nitro benzene ring substituents is 1. The van der Waals surface area contributed by atoms with Gasteiger partial charge in [-0.3, -0.25) is 10.1 Å². The summed E-state index contributed by atoms with van der Waals surface area (Å²) in [4.78, 5) is 20.5. The number of hydrogen-bond donors (Lipinski definition) is 2. The Morgan fingerprint density at radius 3 is 2.33 bits per heavy atom. The molecule has 0 radical (unpaired) electrons. The van der Waals surface area contributed by atoms with Gasteiger partial charge in [0.15, 0.2) is 0 Å². The molecular weight excluding hydrogens is 300 g/mol. The number of benzene rings is 1. The van der Waals surface area contributed by atoms with Gasteiger partial charge >= 0.3 is 12.1 Å². The normalized spacial score (nSPS) is 16.4. The van der Waals surface area contributed by atoms with Crippen molar-refractivity contribution >= 4 is 17.3 Å². The van der Waals surface area contributed by atoms with Crippen molar-refractivity contribution in [1.82, 2.24) is 0 Å². The van der Waals surface area contributed by atoms with Crippen molar-refractivity contribution in [2.75, 3.05) is 5.32 Å². The highest BCUT2D eigenvalue weighted by molar-refractivity contribution is 5.90. The first kappa shape index (κ1) is 15.0. The summed E-state index contributed by atoms with van der Waals surface area (Å²) in [5, 5.41) is 21.4. The summed E-state index contributed by atoms with van der Waals surface area (Å²) in [7, 11) is 0. The molecule has 0 aliphatic heterocycles. The Bertz CT molecular complexity index is 625. The summed E-state index contributed by atoms with van der Waals surface area (Å²) >= 11 is 0. The number of carbonyl (C=O) groups is 1. The third kappa shape index (κ3) is 2.60. The van der Waals surface area contributed by atoms with E-state index < -0.39 is 45.4 Å². The second-order valence-corrected chi connectivity index (χ2v) is 4.62. The van der Waals surface area contributed by atoms with Crippen LogP contribution in [0.2, 0.25) is 0 Å². The molecule has 1 fully saturated rings. The lowest BCUT2D eigenvalue weighted by atomic mass is 10.1. The molecule has 1 saturated carbocycles. The smallest absolute Gasteiger partial charge is 0.411 e. The molecule has 0 bridgehead atoms. The Labute approximate surface area is 114 Å². The first-order valence-electron chi connectivity index (χ1n) is 5.63. The van der Waals surface area contributed by atoms with Gasteiger partial charge in [-0.25, -0.2) is 9.18 Å². The minimum Gasteiger partial charge on any atom is -0.478 e. The Hall–Kier alpha value is -2.39. The molecule has 0 aromatic heterocycles. The van der Waals surface area contributed by atoms with Crippen LogP contribution in [0.15, 0.2) is 12.1 Å². The quantitative estimate of drug-likeness (QED) is 0.507. The summed E-state index contributed by atoms with van der Waals surface area (Å²) in [6.45, 7) is 0. The lowest BCUT2D eigenvalue weighted by Crippen LogP contribution is -2.38. The summed E-state index contributed by atoms with van der Waals surface area (Å²) < 4.78 is 51.9. The average Bonchev–Trinajstić information content (AvgIpc) is 3.08. The van der Waals surface area contributed by atoms with Crippen LogP contribution in [0.25, 0.3) is 0 Å². The fourth-order valence-electron chi connectivity index (χ4n) is 1.84. The molecule has 1 aromatic rings. The minimum absolute atomic E-state index is 0.296. The number of carboxylic acid groups (broad SMARTS) is 1. The van der Waals surface area contributed by atoms with E-state index in [1.54, 1.807) is 0 Å². The standard InChI is InChI=1S/C11H8F4N2O4/c12-6-4-7(16-10(1-2-10)11(13,14)15)8(17(20)21)3-5(6)9(18)19/h3-4,16H,1-2H2,(H,18,19). The van der Waals surface area contributed by atoms with Crippen LogP contribution >= 0.6 is 0 Å². The molecule has 1 aliphatic carbocycles. The van der Waals surface area contributed by atoms with Crippen LogP contribution in [0.4, 0.5) is 28.9 Å². The topological polar surface area (TPSA) is 92.5 Å². The highest BCUT2D eigenvalue weighted by Gasteiger charge is 2.64. The molecule has 0 amide bonds. The Kier molecular flexibility index (Phi) is 3.27. The number of nitrogens with zero attached hydrogens (tertiary/aromatic N) is 1. The highest BCUT2D eigenvalue weighted by atomic mass is 19.4. The van der Waals surface area contributed by atoms with Gasteiger partial charge in [0, 0.05) is 12.1 Å². The van der Waals surface area contributed by atoms with Crippen molar-refractivity contribution < 1.29 is 32.4 Å². The zero-order valence-corrected chi connectivity index (χ0v) is 10.2. The Morgan fingerprint density at radius 2 is 1.95 bits per heavy atom. The number of hydrogen-bond acceptors (Lipinski definition) is 4. The molecule has 2 N–H and O–H groups in total. The third-order valence-corrected chi connectivity index (χ3v) is 3.18. The minimum atomic E-state index is -4.65. The van der Waals surface area contributed by atoms with E-state index in [2.05, 4.69) is 0 Å². The number of carboxylic acids is 1. The summed E-state index contributed by atoms with van der Waals surface area (Å²) in [5.74, 6) is -3.10. The molecule has 0 atom stereocenters. The molecule has 1 aliphatic rings. The van der Waals surface area contributed by atoms with Crippen molar-refractivity contribution in [3.05, 3.63) is 33.6 Å². The number of nitro groups is 1. The van der Waals surface area contributed by atoms with E-state index in [0.29, 0.717) is 12.1 Å². The van der Waals surface area contributed by atoms with Crippen LogP contribution < -0.4 is 5.32 Å². The van der Waals surface area contributed by atoms with E-state index in [4.69, 9.17) is 5.11 Å². The van der Waals surface area contributed by atoms with Crippen molar-refractivity contribution in [2.24, 2.45) is 0 Å².